The first-order chi connectivity index (χ1) is 5.83. The highest BCUT2D eigenvalue weighted by molar-refractivity contribution is 5.73. The van der Waals surface area contributed by atoms with E-state index < -0.39 is 0 Å². The van der Waals surface area contributed by atoms with Gasteiger partial charge in [0, 0.05) is 6.20 Å². The third-order valence-corrected chi connectivity index (χ3v) is 1.75. The minimum absolute atomic E-state index is 0.538. The molecule has 0 bridgehead atoms. The first-order valence-corrected chi connectivity index (χ1v) is 3.57. The standard InChI is InChI=1S/C8H7N3O/c1-6-9-3-2-8-10-4-7(5-12)11(6)8/h2-5H,1H3. The van der Waals surface area contributed by atoms with Crippen molar-refractivity contribution in [2.45, 2.75) is 6.92 Å². The lowest BCUT2D eigenvalue weighted by molar-refractivity contribution is 0.111. The maximum absolute atomic E-state index is 10.5. The second-order valence-electron chi connectivity index (χ2n) is 2.49. The average Bonchev–Trinajstić information content (AvgIpc) is 2.49. The van der Waals surface area contributed by atoms with Gasteiger partial charge in [-0.15, -0.1) is 0 Å². The van der Waals surface area contributed by atoms with Gasteiger partial charge in [-0.1, -0.05) is 0 Å². The Morgan fingerprint density at radius 1 is 1.50 bits per heavy atom. The molecule has 2 heterocycles. The summed E-state index contributed by atoms with van der Waals surface area (Å²) < 4.78 is 1.72. The summed E-state index contributed by atoms with van der Waals surface area (Å²) in [4.78, 5) is 18.6. The van der Waals surface area contributed by atoms with Gasteiger partial charge in [-0.05, 0) is 13.0 Å². The maximum Gasteiger partial charge on any atom is 0.168 e. The predicted octanol–water partition coefficient (Wildman–Crippen LogP) is 0.850. The summed E-state index contributed by atoms with van der Waals surface area (Å²) >= 11 is 0. The Hall–Kier alpha value is -1.71. The number of aromatic nitrogens is 3. The van der Waals surface area contributed by atoms with Crippen LogP contribution in [0.5, 0.6) is 0 Å². The van der Waals surface area contributed by atoms with Crippen molar-refractivity contribution < 1.29 is 4.79 Å². The molecule has 0 aromatic carbocycles. The fourth-order valence-corrected chi connectivity index (χ4v) is 1.20. The zero-order valence-corrected chi connectivity index (χ0v) is 6.56. The van der Waals surface area contributed by atoms with Crippen molar-refractivity contribution >= 4 is 11.9 Å². The first-order valence-electron chi connectivity index (χ1n) is 3.57. The van der Waals surface area contributed by atoms with Gasteiger partial charge in [-0.25, -0.2) is 9.97 Å². The van der Waals surface area contributed by atoms with E-state index in [-0.39, 0.29) is 0 Å². The third-order valence-electron chi connectivity index (χ3n) is 1.75. The molecule has 0 aliphatic heterocycles. The number of rotatable bonds is 1. The van der Waals surface area contributed by atoms with Crippen molar-refractivity contribution in [1.29, 1.82) is 0 Å². The number of carbonyl (C=O) groups excluding carboxylic acids is 1. The van der Waals surface area contributed by atoms with Crippen molar-refractivity contribution in [2.75, 3.05) is 0 Å². The Labute approximate surface area is 68.9 Å². The summed E-state index contributed by atoms with van der Waals surface area (Å²) in [5.41, 5.74) is 1.29. The Morgan fingerprint density at radius 3 is 3.08 bits per heavy atom. The second kappa shape index (κ2) is 2.41. The molecule has 12 heavy (non-hydrogen) atoms. The second-order valence-corrected chi connectivity index (χ2v) is 2.49. The fourth-order valence-electron chi connectivity index (χ4n) is 1.20. The van der Waals surface area contributed by atoms with E-state index in [0.29, 0.717) is 5.69 Å². The molecular formula is C8H7N3O. The highest BCUT2D eigenvalue weighted by Crippen LogP contribution is 2.05. The van der Waals surface area contributed by atoms with E-state index in [1.165, 1.54) is 6.20 Å². The van der Waals surface area contributed by atoms with Crippen molar-refractivity contribution in [1.82, 2.24) is 14.4 Å². The molecular weight excluding hydrogens is 154 g/mol. The number of imidazole rings is 1. The van der Waals surface area contributed by atoms with Crippen LogP contribution in [-0.4, -0.2) is 20.7 Å². The molecule has 4 heteroatoms. The summed E-state index contributed by atoms with van der Waals surface area (Å²) in [6.45, 7) is 1.84. The van der Waals surface area contributed by atoms with Crippen LogP contribution in [0.15, 0.2) is 18.5 Å². The molecule has 0 spiro atoms. The Bertz CT molecular complexity index is 433. The largest absolute Gasteiger partial charge is 0.296 e. The molecule has 0 atom stereocenters. The highest BCUT2D eigenvalue weighted by atomic mass is 16.1. The van der Waals surface area contributed by atoms with Crippen LogP contribution in [0.25, 0.3) is 5.65 Å². The number of aldehydes is 1. The van der Waals surface area contributed by atoms with E-state index in [4.69, 9.17) is 0 Å². The average molecular weight is 161 g/mol. The summed E-state index contributed by atoms with van der Waals surface area (Å²) in [7, 11) is 0. The summed E-state index contributed by atoms with van der Waals surface area (Å²) in [5.74, 6) is 0.770. The molecule has 0 amide bonds. The first kappa shape index (κ1) is 6.97. The number of carbonyl (C=O) groups is 1. The van der Waals surface area contributed by atoms with Crippen LogP contribution < -0.4 is 0 Å². The van der Waals surface area contributed by atoms with Crippen LogP contribution in [0.4, 0.5) is 0 Å². The number of hydrogen-bond acceptors (Lipinski definition) is 3. The van der Waals surface area contributed by atoms with E-state index >= 15 is 0 Å². The van der Waals surface area contributed by atoms with Crippen molar-refractivity contribution in [2.24, 2.45) is 0 Å². The molecule has 0 aliphatic rings. The predicted molar refractivity (Wildman–Crippen MR) is 43.1 cm³/mol. The quantitative estimate of drug-likeness (QED) is 0.582. The molecule has 0 fully saturated rings. The van der Waals surface area contributed by atoms with Gasteiger partial charge in [-0.2, -0.15) is 0 Å². The maximum atomic E-state index is 10.5. The lowest BCUT2D eigenvalue weighted by Gasteiger charge is -1.97. The lowest BCUT2D eigenvalue weighted by Crippen LogP contribution is -1.97. The van der Waals surface area contributed by atoms with Gasteiger partial charge in [0.25, 0.3) is 0 Å². The SMILES string of the molecule is Cc1nccc2ncc(C=O)n12. The normalized spacial score (nSPS) is 10.4. The van der Waals surface area contributed by atoms with E-state index in [2.05, 4.69) is 9.97 Å². The van der Waals surface area contributed by atoms with Gasteiger partial charge in [0.1, 0.15) is 17.2 Å². The van der Waals surface area contributed by atoms with Gasteiger partial charge >= 0.3 is 0 Å². The number of nitrogens with zero attached hydrogens (tertiary/aromatic N) is 3. The topological polar surface area (TPSA) is 47.3 Å². The number of hydrogen-bond donors (Lipinski definition) is 0. The third kappa shape index (κ3) is 0.812. The van der Waals surface area contributed by atoms with Crippen LogP contribution in [-0.2, 0) is 0 Å². The number of fused-ring (bicyclic) bond motifs is 1. The highest BCUT2D eigenvalue weighted by Gasteiger charge is 2.03. The molecule has 2 rings (SSSR count). The Kier molecular flexibility index (Phi) is 1.40. The van der Waals surface area contributed by atoms with Gasteiger partial charge in [0.15, 0.2) is 6.29 Å². The summed E-state index contributed by atoms with van der Waals surface area (Å²) in [5, 5.41) is 0. The minimum atomic E-state index is 0.538. The van der Waals surface area contributed by atoms with E-state index in [1.54, 1.807) is 16.7 Å². The lowest BCUT2D eigenvalue weighted by atomic mass is 10.5. The van der Waals surface area contributed by atoms with Crippen LogP contribution in [0, 0.1) is 6.92 Å². The zero-order valence-electron chi connectivity index (χ0n) is 6.56. The Balaban J connectivity index is 2.91. The Morgan fingerprint density at radius 2 is 2.33 bits per heavy atom. The monoisotopic (exact) mass is 161 g/mol. The van der Waals surface area contributed by atoms with Crippen LogP contribution in [0.3, 0.4) is 0 Å². The van der Waals surface area contributed by atoms with Crippen molar-refractivity contribution in [3.8, 4) is 0 Å². The van der Waals surface area contributed by atoms with Crippen LogP contribution in [0.1, 0.15) is 16.3 Å². The summed E-state index contributed by atoms with van der Waals surface area (Å²) in [6.07, 6.45) is 3.98. The smallest absolute Gasteiger partial charge is 0.168 e. The molecule has 0 N–H and O–H groups in total. The molecule has 0 aliphatic carbocycles. The van der Waals surface area contributed by atoms with E-state index in [9.17, 15) is 4.79 Å². The molecule has 2 aromatic heterocycles. The molecule has 0 radical (unpaired) electrons. The van der Waals surface area contributed by atoms with Crippen molar-refractivity contribution in [3.05, 3.63) is 30.0 Å². The van der Waals surface area contributed by atoms with Gasteiger partial charge in [0.2, 0.25) is 0 Å². The molecule has 60 valence electrons. The fraction of sp³-hybridized carbons (Fsp3) is 0.125. The minimum Gasteiger partial charge on any atom is -0.296 e. The molecule has 0 saturated carbocycles. The molecule has 0 saturated heterocycles. The molecule has 0 unspecified atom stereocenters. The summed E-state index contributed by atoms with van der Waals surface area (Å²) in [6, 6.07) is 1.76. The number of aryl methyl sites for hydroxylation is 1. The van der Waals surface area contributed by atoms with Crippen LogP contribution >= 0.6 is 0 Å². The van der Waals surface area contributed by atoms with Gasteiger partial charge in [0.05, 0.1) is 6.20 Å². The van der Waals surface area contributed by atoms with Gasteiger partial charge < -0.3 is 0 Å². The molecule has 4 nitrogen and oxygen atoms in total. The van der Waals surface area contributed by atoms with Gasteiger partial charge in [-0.3, -0.25) is 9.20 Å². The molecule has 2 aromatic rings. The zero-order chi connectivity index (χ0) is 8.55. The van der Waals surface area contributed by atoms with E-state index in [1.807, 2.05) is 6.92 Å². The van der Waals surface area contributed by atoms with E-state index in [0.717, 1.165) is 17.8 Å². The van der Waals surface area contributed by atoms with Crippen LogP contribution in [0.2, 0.25) is 0 Å². The van der Waals surface area contributed by atoms with Crippen molar-refractivity contribution in [3.63, 3.8) is 0 Å².